The Hall–Kier alpha value is -1.56. The Bertz CT molecular complexity index is 800. The summed E-state index contributed by atoms with van der Waals surface area (Å²) in [7, 11) is -4.05. The van der Waals surface area contributed by atoms with Crippen LogP contribution in [-0.4, -0.2) is 14.2 Å². The van der Waals surface area contributed by atoms with E-state index in [2.05, 4.69) is 0 Å². The zero-order chi connectivity index (χ0) is 15.6. The Labute approximate surface area is 132 Å². The van der Waals surface area contributed by atoms with E-state index in [0.717, 1.165) is 0 Å². The number of benzene rings is 2. The molecule has 0 atom stereocenters. The molecular weight excluding hydrogens is 335 g/mol. The molecule has 0 aliphatic rings. The number of carbonyl (C=O) groups is 1. The van der Waals surface area contributed by atoms with Gasteiger partial charge in [-0.1, -0.05) is 35.3 Å². The molecular formula is C14H10Cl2O4S. The molecule has 0 saturated carbocycles. The van der Waals surface area contributed by atoms with E-state index >= 15 is 0 Å². The highest BCUT2D eigenvalue weighted by Gasteiger charge is 2.18. The zero-order valence-corrected chi connectivity index (χ0v) is 13.2. The lowest BCUT2D eigenvalue weighted by Crippen LogP contribution is -2.10. The van der Waals surface area contributed by atoms with E-state index in [1.807, 2.05) is 0 Å². The molecule has 0 aliphatic heterocycles. The van der Waals surface area contributed by atoms with Gasteiger partial charge in [-0.05, 0) is 37.3 Å². The van der Waals surface area contributed by atoms with Crippen molar-refractivity contribution < 1.29 is 17.4 Å². The number of ketones is 1. The van der Waals surface area contributed by atoms with Gasteiger partial charge in [0.1, 0.15) is 10.6 Å². The van der Waals surface area contributed by atoms with Gasteiger partial charge in [0.25, 0.3) is 0 Å². The summed E-state index contributed by atoms with van der Waals surface area (Å²) >= 11 is 11.5. The number of rotatable bonds is 4. The number of Topliss-reactive ketones (excluding diaryl/α,β-unsaturated/α-hetero) is 1. The molecule has 7 heteroatoms. The van der Waals surface area contributed by atoms with Crippen molar-refractivity contribution in [1.29, 1.82) is 0 Å². The quantitative estimate of drug-likeness (QED) is 0.622. The molecule has 0 spiro atoms. The van der Waals surface area contributed by atoms with Crippen molar-refractivity contribution in [3.63, 3.8) is 0 Å². The van der Waals surface area contributed by atoms with Crippen LogP contribution in [0.5, 0.6) is 5.75 Å². The highest BCUT2D eigenvalue weighted by Crippen LogP contribution is 2.27. The first-order chi connectivity index (χ1) is 9.79. The van der Waals surface area contributed by atoms with Crippen LogP contribution in [0.3, 0.4) is 0 Å². The summed E-state index contributed by atoms with van der Waals surface area (Å²) < 4.78 is 29.3. The molecule has 2 aromatic rings. The smallest absolute Gasteiger partial charge is 0.339 e. The summed E-state index contributed by atoms with van der Waals surface area (Å²) in [4.78, 5) is 11.2. The Morgan fingerprint density at radius 2 is 1.76 bits per heavy atom. The first-order valence-corrected chi connectivity index (χ1v) is 7.96. The molecule has 0 radical (unpaired) electrons. The van der Waals surface area contributed by atoms with E-state index < -0.39 is 10.1 Å². The standard InChI is InChI=1S/C14H10Cl2O4S/c1-9(17)10-3-2-4-11(7-10)20-21(18,19)12-5-6-13(15)14(16)8-12/h2-8H,1H3. The fourth-order valence-electron chi connectivity index (χ4n) is 1.57. The van der Waals surface area contributed by atoms with Crippen LogP contribution in [0.15, 0.2) is 47.4 Å². The van der Waals surface area contributed by atoms with Gasteiger partial charge in [0.15, 0.2) is 5.78 Å². The lowest BCUT2D eigenvalue weighted by atomic mass is 10.1. The molecule has 0 saturated heterocycles. The zero-order valence-electron chi connectivity index (χ0n) is 10.8. The molecule has 2 aromatic carbocycles. The Morgan fingerprint density at radius 1 is 1.05 bits per heavy atom. The molecule has 0 heterocycles. The SMILES string of the molecule is CC(=O)c1cccc(OS(=O)(=O)c2ccc(Cl)c(Cl)c2)c1. The molecule has 110 valence electrons. The summed E-state index contributed by atoms with van der Waals surface area (Å²) in [6.45, 7) is 1.38. The third-order valence-corrected chi connectivity index (χ3v) is 4.61. The van der Waals surface area contributed by atoms with Crippen LogP contribution in [0.1, 0.15) is 17.3 Å². The topological polar surface area (TPSA) is 60.4 Å². The third-order valence-electron chi connectivity index (χ3n) is 2.63. The summed E-state index contributed by atoms with van der Waals surface area (Å²) in [5.41, 5.74) is 0.358. The summed E-state index contributed by atoms with van der Waals surface area (Å²) in [6, 6.07) is 9.77. The lowest BCUT2D eigenvalue weighted by molar-refractivity contribution is 0.101. The number of hydrogen-bond donors (Lipinski definition) is 0. The third kappa shape index (κ3) is 3.75. The maximum Gasteiger partial charge on any atom is 0.339 e. The van der Waals surface area contributed by atoms with Crippen molar-refractivity contribution in [1.82, 2.24) is 0 Å². The summed E-state index contributed by atoms with van der Waals surface area (Å²) in [5.74, 6) is -0.138. The second kappa shape index (κ2) is 6.05. The van der Waals surface area contributed by atoms with Gasteiger partial charge in [-0.15, -0.1) is 0 Å². The second-order valence-electron chi connectivity index (χ2n) is 4.20. The average molecular weight is 345 g/mol. The molecule has 4 nitrogen and oxygen atoms in total. The molecule has 2 rings (SSSR count). The van der Waals surface area contributed by atoms with Crippen LogP contribution in [-0.2, 0) is 10.1 Å². The van der Waals surface area contributed by atoms with E-state index in [1.165, 1.54) is 43.3 Å². The number of carbonyl (C=O) groups excluding carboxylic acids is 1. The van der Waals surface area contributed by atoms with Gasteiger partial charge in [-0.3, -0.25) is 4.79 Å². The van der Waals surface area contributed by atoms with Crippen molar-refractivity contribution in [2.75, 3.05) is 0 Å². The van der Waals surface area contributed by atoms with Gasteiger partial charge in [-0.25, -0.2) is 0 Å². The number of hydrogen-bond acceptors (Lipinski definition) is 4. The maximum absolute atomic E-state index is 12.1. The van der Waals surface area contributed by atoms with Crippen molar-refractivity contribution in [3.8, 4) is 5.75 Å². The monoisotopic (exact) mass is 344 g/mol. The van der Waals surface area contributed by atoms with Crippen molar-refractivity contribution in [2.45, 2.75) is 11.8 Å². The predicted molar refractivity (Wildman–Crippen MR) is 80.7 cm³/mol. The summed E-state index contributed by atoms with van der Waals surface area (Å²) in [6.07, 6.45) is 0. The van der Waals surface area contributed by atoms with Gasteiger partial charge < -0.3 is 4.18 Å². The number of halogens is 2. The molecule has 0 unspecified atom stereocenters. The molecule has 21 heavy (non-hydrogen) atoms. The van der Waals surface area contributed by atoms with Gasteiger partial charge in [0.05, 0.1) is 10.0 Å². The minimum atomic E-state index is -4.05. The van der Waals surface area contributed by atoms with Gasteiger partial charge in [0, 0.05) is 5.56 Å². The maximum atomic E-state index is 12.1. The normalized spacial score (nSPS) is 11.2. The fraction of sp³-hybridized carbons (Fsp3) is 0.0714. The summed E-state index contributed by atoms with van der Waals surface area (Å²) in [5, 5.41) is 0.355. The van der Waals surface area contributed by atoms with Gasteiger partial charge in [-0.2, -0.15) is 8.42 Å². The van der Waals surface area contributed by atoms with Crippen LogP contribution in [0, 0.1) is 0 Å². The van der Waals surface area contributed by atoms with Crippen molar-refractivity contribution in [3.05, 3.63) is 58.1 Å². The molecule has 0 amide bonds. The minimum Gasteiger partial charge on any atom is -0.379 e. The molecule has 0 fully saturated rings. The Balaban J connectivity index is 2.35. The van der Waals surface area contributed by atoms with E-state index in [9.17, 15) is 13.2 Å². The van der Waals surface area contributed by atoms with Gasteiger partial charge in [0.2, 0.25) is 0 Å². The van der Waals surface area contributed by atoms with Crippen LogP contribution in [0.25, 0.3) is 0 Å². The van der Waals surface area contributed by atoms with E-state index in [4.69, 9.17) is 27.4 Å². The van der Waals surface area contributed by atoms with Crippen LogP contribution in [0.2, 0.25) is 10.0 Å². The minimum absolute atomic E-state index is 0.0498. The largest absolute Gasteiger partial charge is 0.379 e. The average Bonchev–Trinajstić information content (AvgIpc) is 2.41. The van der Waals surface area contributed by atoms with Crippen LogP contribution >= 0.6 is 23.2 Å². The van der Waals surface area contributed by atoms with Crippen molar-refractivity contribution in [2.24, 2.45) is 0 Å². The fourth-order valence-corrected chi connectivity index (χ4v) is 2.89. The van der Waals surface area contributed by atoms with E-state index in [-0.39, 0.29) is 26.5 Å². The van der Waals surface area contributed by atoms with Gasteiger partial charge >= 0.3 is 10.1 Å². The van der Waals surface area contributed by atoms with E-state index in [1.54, 1.807) is 6.07 Å². The first-order valence-electron chi connectivity index (χ1n) is 5.80. The van der Waals surface area contributed by atoms with Crippen LogP contribution in [0.4, 0.5) is 0 Å². The Kier molecular flexibility index (Phi) is 4.56. The first kappa shape index (κ1) is 15.8. The second-order valence-corrected chi connectivity index (χ2v) is 6.56. The van der Waals surface area contributed by atoms with Crippen molar-refractivity contribution >= 4 is 39.1 Å². The predicted octanol–water partition coefficient (Wildman–Crippen LogP) is 3.96. The lowest BCUT2D eigenvalue weighted by Gasteiger charge is -2.08. The molecule has 0 bridgehead atoms. The molecule has 0 aliphatic carbocycles. The Morgan fingerprint density at radius 3 is 2.38 bits per heavy atom. The van der Waals surface area contributed by atoms with Crippen LogP contribution < -0.4 is 4.18 Å². The molecule has 0 aromatic heterocycles. The highest BCUT2D eigenvalue weighted by molar-refractivity contribution is 7.87. The highest BCUT2D eigenvalue weighted by atomic mass is 35.5. The van der Waals surface area contributed by atoms with E-state index in [0.29, 0.717) is 5.56 Å². The molecule has 0 N–H and O–H groups in total.